The van der Waals surface area contributed by atoms with Crippen LogP contribution in [0.25, 0.3) is 0 Å². The van der Waals surface area contributed by atoms with Crippen molar-refractivity contribution in [3.05, 3.63) is 59.7 Å². The summed E-state index contributed by atoms with van der Waals surface area (Å²) in [7, 11) is 5.23. The van der Waals surface area contributed by atoms with Gasteiger partial charge in [-0.2, -0.15) is 13.2 Å². The predicted molar refractivity (Wildman–Crippen MR) is 145 cm³/mol. The minimum atomic E-state index is -5.08. The lowest BCUT2D eigenvalue weighted by molar-refractivity contribution is -0.192. The quantitative estimate of drug-likeness (QED) is 0.488. The highest BCUT2D eigenvalue weighted by molar-refractivity contribution is 5.74. The molecule has 2 aromatic rings. The van der Waals surface area contributed by atoms with Gasteiger partial charge in [0.25, 0.3) is 0 Å². The van der Waals surface area contributed by atoms with E-state index in [1.165, 1.54) is 11.1 Å². The first-order valence-corrected chi connectivity index (χ1v) is 13.3. The Morgan fingerprint density at radius 2 is 1.75 bits per heavy atom. The van der Waals surface area contributed by atoms with Crippen LogP contribution in [-0.2, 0) is 16.8 Å². The number of carboxylic acid groups (broad SMARTS) is 1. The van der Waals surface area contributed by atoms with Gasteiger partial charge in [0, 0.05) is 37.6 Å². The zero-order valence-corrected chi connectivity index (χ0v) is 23.3. The number of aliphatic carboxylic acids is 1. The van der Waals surface area contributed by atoms with Gasteiger partial charge in [-0.3, -0.25) is 4.90 Å². The Morgan fingerprint density at radius 1 is 1.10 bits per heavy atom. The lowest BCUT2D eigenvalue weighted by Crippen LogP contribution is -2.53. The van der Waals surface area contributed by atoms with E-state index >= 15 is 0 Å². The van der Waals surface area contributed by atoms with E-state index < -0.39 is 12.1 Å². The first kappa shape index (κ1) is 31.1. The summed E-state index contributed by atoms with van der Waals surface area (Å²) in [5, 5.41) is 10.4. The molecule has 2 aromatic carbocycles. The van der Waals surface area contributed by atoms with Crippen LogP contribution in [0.3, 0.4) is 0 Å². The average Bonchev–Trinajstić information content (AvgIpc) is 3.31. The van der Waals surface area contributed by atoms with E-state index in [2.05, 4.69) is 52.7 Å². The molecule has 2 amide bonds. The number of methoxy groups -OCH3 is 2. The van der Waals surface area contributed by atoms with Crippen LogP contribution in [0.2, 0.25) is 0 Å². The number of halogens is 3. The Labute approximate surface area is 233 Å². The van der Waals surface area contributed by atoms with Crippen LogP contribution in [0.15, 0.2) is 48.5 Å². The Hall–Kier alpha value is -3.47. The fraction of sp³-hybridized carbons (Fsp3) is 0.517. The first-order valence-electron chi connectivity index (χ1n) is 13.3. The zero-order chi connectivity index (χ0) is 29.5. The molecule has 0 spiro atoms. The van der Waals surface area contributed by atoms with Crippen molar-refractivity contribution < 1.29 is 37.3 Å². The maximum absolute atomic E-state index is 12.6. The molecule has 1 saturated carbocycles. The van der Waals surface area contributed by atoms with Gasteiger partial charge < -0.3 is 24.8 Å². The van der Waals surface area contributed by atoms with Crippen LogP contribution >= 0.6 is 0 Å². The van der Waals surface area contributed by atoms with Crippen molar-refractivity contribution in [3.8, 4) is 11.5 Å². The molecule has 3 unspecified atom stereocenters. The molecule has 1 aliphatic carbocycles. The Morgan fingerprint density at radius 3 is 2.33 bits per heavy atom. The summed E-state index contributed by atoms with van der Waals surface area (Å²) in [6.45, 7) is 4.68. The van der Waals surface area contributed by atoms with Crippen molar-refractivity contribution in [3.63, 3.8) is 0 Å². The molecular formula is C29H38F3N3O5. The van der Waals surface area contributed by atoms with Gasteiger partial charge >= 0.3 is 18.2 Å². The summed E-state index contributed by atoms with van der Waals surface area (Å²) in [6, 6.07) is 17.7. The molecule has 2 fully saturated rings. The fourth-order valence-electron chi connectivity index (χ4n) is 5.69. The van der Waals surface area contributed by atoms with E-state index in [4.69, 9.17) is 19.4 Å². The van der Waals surface area contributed by atoms with Gasteiger partial charge in [-0.25, -0.2) is 9.59 Å². The lowest BCUT2D eigenvalue weighted by Gasteiger charge is -2.45. The molecule has 0 radical (unpaired) electrons. The van der Waals surface area contributed by atoms with Crippen LogP contribution in [0.4, 0.5) is 18.0 Å². The number of ether oxygens (including phenoxy) is 2. The summed E-state index contributed by atoms with van der Waals surface area (Å²) in [6.07, 6.45) is -1.01. The Balaban J connectivity index is 0.000000559. The smallest absolute Gasteiger partial charge is 0.490 e. The highest BCUT2D eigenvalue weighted by atomic mass is 19.4. The summed E-state index contributed by atoms with van der Waals surface area (Å²) >= 11 is 0. The van der Waals surface area contributed by atoms with Crippen molar-refractivity contribution in [1.29, 1.82) is 0 Å². The average molecular weight is 566 g/mol. The SMILES string of the molecule is CCN(C)C(=O)NC1CCC2(c3ccc(OC)c(OC)c3)CCN(Cc3ccccc3)C2C1.O=C(O)C(F)(F)F. The monoisotopic (exact) mass is 565 g/mol. The lowest BCUT2D eigenvalue weighted by atomic mass is 9.65. The number of fused-ring (bicyclic) bond motifs is 1. The molecule has 40 heavy (non-hydrogen) atoms. The summed E-state index contributed by atoms with van der Waals surface area (Å²) in [4.78, 5) is 25.8. The number of urea groups is 1. The van der Waals surface area contributed by atoms with Gasteiger partial charge in [0.1, 0.15) is 0 Å². The number of hydrogen-bond donors (Lipinski definition) is 2. The molecule has 2 aliphatic rings. The number of nitrogens with zero attached hydrogens (tertiary/aromatic N) is 2. The van der Waals surface area contributed by atoms with E-state index in [0.29, 0.717) is 12.6 Å². The van der Waals surface area contributed by atoms with Gasteiger partial charge in [0.2, 0.25) is 0 Å². The minimum absolute atomic E-state index is 0.0220. The highest BCUT2D eigenvalue weighted by Crippen LogP contribution is 2.50. The van der Waals surface area contributed by atoms with Crippen molar-refractivity contribution in [2.75, 3.05) is 34.4 Å². The second-order valence-corrected chi connectivity index (χ2v) is 10.2. The molecule has 1 saturated heterocycles. The highest BCUT2D eigenvalue weighted by Gasteiger charge is 2.51. The molecular weight excluding hydrogens is 527 g/mol. The van der Waals surface area contributed by atoms with Crippen molar-refractivity contribution >= 4 is 12.0 Å². The summed E-state index contributed by atoms with van der Waals surface area (Å²) < 4.78 is 42.9. The van der Waals surface area contributed by atoms with E-state index in [9.17, 15) is 18.0 Å². The van der Waals surface area contributed by atoms with Crippen LogP contribution in [0, 0.1) is 0 Å². The van der Waals surface area contributed by atoms with Gasteiger partial charge in [0.15, 0.2) is 11.5 Å². The molecule has 3 atom stereocenters. The fourth-order valence-corrected chi connectivity index (χ4v) is 5.69. The number of carbonyl (C=O) groups is 2. The van der Waals surface area contributed by atoms with Crippen LogP contribution in [0.5, 0.6) is 11.5 Å². The molecule has 220 valence electrons. The second kappa shape index (κ2) is 13.3. The molecule has 11 heteroatoms. The van der Waals surface area contributed by atoms with Gasteiger partial charge in [0.05, 0.1) is 14.2 Å². The number of rotatable bonds is 7. The maximum atomic E-state index is 12.6. The molecule has 1 heterocycles. The third kappa shape index (κ3) is 7.18. The van der Waals surface area contributed by atoms with E-state index in [0.717, 1.165) is 50.3 Å². The number of nitrogens with one attached hydrogen (secondary N) is 1. The Bertz CT molecular complexity index is 1150. The summed E-state index contributed by atoms with van der Waals surface area (Å²) in [5.74, 6) is -1.21. The number of carbonyl (C=O) groups excluding carboxylic acids is 1. The van der Waals surface area contributed by atoms with Crippen molar-refractivity contribution in [1.82, 2.24) is 15.1 Å². The van der Waals surface area contributed by atoms with Crippen LogP contribution in [-0.4, -0.2) is 79.5 Å². The third-order valence-corrected chi connectivity index (χ3v) is 7.95. The standard InChI is InChI=1S/C27H37N3O3.C2HF3O2/c1-5-29(2)26(31)28-22-13-14-27(21-11-12-23(32-3)24(17-21)33-4)15-16-30(25(27)18-22)19-20-9-7-6-8-10-20;3-2(4,5)1(6)7/h6-12,17,22,25H,5,13-16,18-19H2,1-4H3,(H,28,31);(H,6,7). The molecule has 2 N–H and O–H groups in total. The predicted octanol–water partition coefficient (Wildman–Crippen LogP) is 5.06. The molecule has 4 rings (SSSR count). The number of likely N-dealkylation sites (tertiary alicyclic amines) is 1. The van der Waals surface area contributed by atoms with Gasteiger partial charge in [-0.05, 0) is 62.4 Å². The minimum Gasteiger partial charge on any atom is -0.493 e. The topological polar surface area (TPSA) is 91.3 Å². The number of alkyl halides is 3. The van der Waals surface area contributed by atoms with Gasteiger partial charge in [-0.1, -0.05) is 36.4 Å². The second-order valence-electron chi connectivity index (χ2n) is 10.2. The molecule has 8 nitrogen and oxygen atoms in total. The first-order chi connectivity index (χ1) is 18.9. The summed E-state index contributed by atoms with van der Waals surface area (Å²) in [5.41, 5.74) is 2.69. The van der Waals surface area contributed by atoms with E-state index in [1.54, 1.807) is 19.1 Å². The molecule has 1 aliphatic heterocycles. The number of benzene rings is 2. The van der Waals surface area contributed by atoms with Crippen molar-refractivity contribution in [2.45, 2.75) is 62.8 Å². The number of amides is 2. The maximum Gasteiger partial charge on any atom is 0.490 e. The normalized spacial score (nSPS) is 22.4. The van der Waals surface area contributed by atoms with Crippen LogP contribution in [0.1, 0.15) is 43.7 Å². The van der Waals surface area contributed by atoms with E-state index in [1.807, 2.05) is 20.0 Å². The third-order valence-electron chi connectivity index (χ3n) is 7.95. The van der Waals surface area contributed by atoms with Gasteiger partial charge in [-0.15, -0.1) is 0 Å². The van der Waals surface area contributed by atoms with Crippen LogP contribution < -0.4 is 14.8 Å². The number of carboxylic acids is 1. The van der Waals surface area contributed by atoms with Crippen molar-refractivity contribution in [2.24, 2.45) is 0 Å². The Kier molecular flexibility index (Phi) is 10.3. The molecule has 0 bridgehead atoms. The zero-order valence-electron chi connectivity index (χ0n) is 23.3. The number of hydrogen-bond acceptors (Lipinski definition) is 5. The molecule has 0 aromatic heterocycles. The largest absolute Gasteiger partial charge is 0.493 e. The van der Waals surface area contributed by atoms with E-state index in [-0.39, 0.29) is 17.5 Å².